The van der Waals surface area contributed by atoms with Gasteiger partial charge in [0.05, 0.1) is 5.69 Å². The third-order valence-corrected chi connectivity index (χ3v) is 1.95. The zero-order valence-corrected chi connectivity index (χ0v) is 8.93. The zero-order chi connectivity index (χ0) is 10.0. The molecule has 0 saturated heterocycles. The molecule has 72 valence electrons. The minimum atomic E-state index is 0.313. The van der Waals surface area contributed by atoms with Crippen molar-refractivity contribution in [3.8, 4) is 0 Å². The highest BCUT2D eigenvalue weighted by atomic mass is 32.1. The molecule has 0 aliphatic heterocycles. The monoisotopic (exact) mass is 198 g/mol. The van der Waals surface area contributed by atoms with Gasteiger partial charge in [-0.1, -0.05) is 31.3 Å². The number of nitrogens with zero attached hydrogens (tertiary/aromatic N) is 3. The average molecular weight is 198 g/mol. The molecule has 1 aromatic rings. The molecule has 1 aromatic heterocycles. The molecule has 0 atom stereocenters. The van der Waals surface area contributed by atoms with E-state index in [0.717, 1.165) is 12.2 Å². The summed E-state index contributed by atoms with van der Waals surface area (Å²) in [6.45, 7) is 7.03. The average Bonchev–Trinajstić information content (AvgIpc) is 2.32. The lowest BCUT2D eigenvalue weighted by Crippen LogP contribution is -2.13. The van der Waals surface area contributed by atoms with E-state index in [4.69, 9.17) is 18.0 Å². The van der Waals surface area contributed by atoms with E-state index >= 15 is 0 Å². The summed E-state index contributed by atoms with van der Waals surface area (Å²) >= 11 is 4.84. The molecule has 0 aliphatic rings. The second-order valence-electron chi connectivity index (χ2n) is 3.46. The van der Waals surface area contributed by atoms with Crippen molar-refractivity contribution in [1.82, 2.24) is 15.0 Å². The summed E-state index contributed by atoms with van der Waals surface area (Å²) < 4.78 is 1.83. The van der Waals surface area contributed by atoms with E-state index in [1.165, 1.54) is 0 Å². The quantitative estimate of drug-likeness (QED) is 0.732. The molecule has 0 aromatic carbocycles. The summed E-state index contributed by atoms with van der Waals surface area (Å²) in [4.78, 5) is 0.313. The lowest BCUT2D eigenvalue weighted by Gasteiger charge is -2.05. The lowest BCUT2D eigenvalue weighted by molar-refractivity contribution is 0.464. The molecule has 0 fully saturated rings. The van der Waals surface area contributed by atoms with Crippen LogP contribution in [0, 0.1) is 12.8 Å². The Hall–Kier alpha value is -0.970. The fourth-order valence-corrected chi connectivity index (χ4v) is 1.30. The third-order valence-electron chi connectivity index (χ3n) is 1.75. The second-order valence-corrected chi connectivity index (χ2v) is 3.90. The SMILES string of the molecule is Cc1c(C(N)=S)nnn1CC(C)C. The molecule has 0 amide bonds. The number of nitrogens with two attached hydrogens (primary N) is 1. The van der Waals surface area contributed by atoms with Gasteiger partial charge in [-0.2, -0.15) is 0 Å². The Morgan fingerprint density at radius 1 is 1.62 bits per heavy atom. The predicted octanol–water partition coefficient (Wildman–Crippen LogP) is 0.877. The van der Waals surface area contributed by atoms with E-state index in [9.17, 15) is 0 Å². The smallest absolute Gasteiger partial charge is 0.142 e. The van der Waals surface area contributed by atoms with Crippen LogP contribution in [0.4, 0.5) is 0 Å². The Morgan fingerprint density at radius 2 is 2.23 bits per heavy atom. The first-order chi connectivity index (χ1) is 6.02. The summed E-state index contributed by atoms with van der Waals surface area (Å²) in [5.41, 5.74) is 7.05. The van der Waals surface area contributed by atoms with E-state index < -0.39 is 0 Å². The molecular formula is C8H14N4S. The Kier molecular flexibility index (Phi) is 2.98. The summed E-state index contributed by atoms with van der Waals surface area (Å²) in [6.07, 6.45) is 0. The van der Waals surface area contributed by atoms with Gasteiger partial charge in [0.25, 0.3) is 0 Å². The van der Waals surface area contributed by atoms with Crippen LogP contribution in [0.1, 0.15) is 25.2 Å². The fraction of sp³-hybridized carbons (Fsp3) is 0.625. The molecule has 13 heavy (non-hydrogen) atoms. The van der Waals surface area contributed by atoms with Gasteiger partial charge in [0.1, 0.15) is 10.7 Å². The highest BCUT2D eigenvalue weighted by Gasteiger charge is 2.10. The van der Waals surface area contributed by atoms with Gasteiger partial charge in [0, 0.05) is 6.54 Å². The molecule has 1 heterocycles. The first-order valence-corrected chi connectivity index (χ1v) is 4.63. The van der Waals surface area contributed by atoms with Crippen molar-refractivity contribution in [2.45, 2.75) is 27.3 Å². The maximum atomic E-state index is 5.47. The largest absolute Gasteiger partial charge is 0.388 e. The van der Waals surface area contributed by atoms with Gasteiger partial charge in [-0.05, 0) is 12.8 Å². The number of hydrogen-bond acceptors (Lipinski definition) is 3. The van der Waals surface area contributed by atoms with Gasteiger partial charge in [0.2, 0.25) is 0 Å². The van der Waals surface area contributed by atoms with Crippen LogP contribution in [-0.2, 0) is 6.54 Å². The molecule has 4 nitrogen and oxygen atoms in total. The van der Waals surface area contributed by atoms with E-state index in [0.29, 0.717) is 16.6 Å². The Morgan fingerprint density at radius 3 is 2.62 bits per heavy atom. The summed E-state index contributed by atoms with van der Waals surface area (Å²) in [5.74, 6) is 0.541. The zero-order valence-electron chi connectivity index (χ0n) is 8.11. The van der Waals surface area contributed by atoms with E-state index in [2.05, 4.69) is 24.2 Å². The van der Waals surface area contributed by atoms with E-state index in [-0.39, 0.29) is 0 Å². The van der Waals surface area contributed by atoms with Crippen LogP contribution < -0.4 is 5.73 Å². The first-order valence-electron chi connectivity index (χ1n) is 4.22. The first kappa shape index (κ1) is 10.1. The molecule has 2 N–H and O–H groups in total. The molecular weight excluding hydrogens is 184 g/mol. The van der Waals surface area contributed by atoms with Crippen molar-refractivity contribution in [1.29, 1.82) is 0 Å². The molecule has 0 radical (unpaired) electrons. The summed E-state index contributed by atoms with van der Waals surface area (Å²) in [5, 5.41) is 7.89. The van der Waals surface area contributed by atoms with Gasteiger partial charge in [-0.3, -0.25) is 0 Å². The maximum absolute atomic E-state index is 5.47. The lowest BCUT2D eigenvalue weighted by atomic mass is 10.2. The highest BCUT2D eigenvalue weighted by Crippen LogP contribution is 2.06. The van der Waals surface area contributed by atoms with Crippen molar-refractivity contribution in [3.05, 3.63) is 11.4 Å². The van der Waals surface area contributed by atoms with E-state index in [1.807, 2.05) is 11.6 Å². The fourth-order valence-electron chi connectivity index (χ4n) is 1.11. The van der Waals surface area contributed by atoms with Gasteiger partial charge < -0.3 is 5.73 Å². The van der Waals surface area contributed by atoms with Gasteiger partial charge in [-0.25, -0.2) is 4.68 Å². The van der Waals surface area contributed by atoms with Gasteiger partial charge in [-0.15, -0.1) is 5.10 Å². The van der Waals surface area contributed by atoms with Crippen LogP contribution in [0.3, 0.4) is 0 Å². The molecule has 0 saturated carbocycles. The van der Waals surface area contributed by atoms with Crippen LogP contribution in [0.5, 0.6) is 0 Å². The standard InChI is InChI=1S/C8H14N4S/c1-5(2)4-12-6(3)7(8(9)13)10-11-12/h5H,4H2,1-3H3,(H2,9,13). The molecule has 5 heteroatoms. The number of hydrogen-bond donors (Lipinski definition) is 1. The van der Waals surface area contributed by atoms with Crippen LogP contribution >= 0.6 is 12.2 Å². The molecule has 0 bridgehead atoms. The van der Waals surface area contributed by atoms with Crippen molar-refractivity contribution in [2.24, 2.45) is 11.7 Å². The van der Waals surface area contributed by atoms with Crippen molar-refractivity contribution >= 4 is 17.2 Å². The molecule has 1 rings (SSSR count). The summed E-state index contributed by atoms with van der Waals surface area (Å²) in [6, 6.07) is 0. The topological polar surface area (TPSA) is 56.7 Å². The number of thiocarbonyl (C=S) groups is 1. The minimum absolute atomic E-state index is 0.313. The highest BCUT2D eigenvalue weighted by molar-refractivity contribution is 7.80. The van der Waals surface area contributed by atoms with Crippen LogP contribution in [0.25, 0.3) is 0 Å². The number of rotatable bonds is 3. The minimum Gasteiger partial charge on any atom is -0.388 e. The Labute approximate surface area is 83.1 Å². The summed E-state index contributed by atoms with van der Waals surface area (Å²) in [7, 11) is 0. The number of aromatic nitrogens is 3. The second kappa shape index (κ2) is 3.83. The van der Waals surface area contributed by atoms with Gasteiger partial charge >= 0.3 is 0 Å². The predicted molar refractivity (Wildman–Crippen MR) is 55.5 cm³/mol. The third kappa shape index (κ3) is 2.24. The maximum Gasteiger partial charge on any atom is 0.142 e. The Balaban J connectivity index is 2.93. The molecule has 0 aliphatic carbocycles. The van der Waals surface area contributed by atoms with Crippen molar-refractivity contribution < 1.29 is 0 Å². The van der Waals surface area contributed by atoms with Crippen LogP contribution in [0.2, 0.25) is 0 Å². The van der Waals surface area contributed by atoms with Gasteiger partial charge in [0.15, 0.2) is 0 Å². The van der Waals surface area contributed by atoms with Crippen molar-refractivity contribution in [3.63, 3.8) is 0 Å². The normalized spacial score (nSPS) is 10.8. The van der Waals surface area contributed by atoms with Crippen LogP contribution in [-0.4, -0.2) is 20.0 Å². The molecule has 0 spiro atoms. The van der Waals surface area contributed by atoms with Crippen molar-refractivity contribution in [2.75, 3.05) is 0 Å². The molecule has 0 unspecified atom stereocenters. The van der Waals surface area contributed by atoms with Crippen LogP contribution in [0.15, 0.2) is 0 Å². The Bertz CT molecular complexity index is 316. The van der Waals surface area contributed by atoms with E-state index in [1.54, 1.807) is 0 Å².